The zero-order chi connectivity index (χ0) is 13.7. The Labute approximate surface area is 144 Å². The second-order valence-electron chi connectivity index (χ2n) is 2.87. The monoisotopic (exact) mass is 468 g/mol. The number of rotatable bonds is 2. The number of hydrogen-bond acceptors (Lipinski definition) is 4. The fraction of sp³-hybridized carbons (Fsp3) is 0. The van der Waals surface area contributed by atoms with Crippen molar-refractivity contribution >= 4 is 66.5 Å². The van der Waals surface area contributed by atoms with Gasteiger partial charge in [-0.05, 0) is 44.0 Å². The first-order valence-electron chi connectivity index (χ1n) is 4.35. The van der Waals surface area contributed by atoms with Crippen LogP contribution in [0.15, 0.2) is 31.8 Å². The predicted octanol–water partition coefficient (Wildman–Crippen LogP) is 4.42. The Morgan fingerprint density at radius 3 is 1.32 bits per heavy atom. The van der Waals surface area contributed by atoms with E-state index in [1.807, 2.05) is 0 Å². The third kappa shape index (κ3) is 6.69. The first-order valence-corrected chi connectivity index (χ1v) is 7.69. The molecule has 19 heavy (non-hydrogen) atoms. The first kappa shape index (κ1) is 18.8. The van der Waals surface area contributed by atoms with Gasteiger partial charge in [0.2, 0.25) is 0 Å². The zero-order valence-electron chi connectivity index (χ0n) is 8.95. The van der Waals surface area contributed by atoms with Crippen LogP contribution in [0.1, 0.15) is 19.3 Å². The molecule has 0 saturated heterocycles. The van der Waals surface area contributed by atoms with Gasteiger partial charge in [-0.15, -0.1) is 22.7 Å². The topological polar surface area (TPSA) is 74.6 Å². The average molecular weight is 470 g/mol. The van der Waals surface area contributed by atoms with Gasteiger partial charge in [0.25, 0.3) is 0 Å². The maximum absolute atomic E-state index is 10.2. The van der Waals surface area contributed by atoms with Crippen molar-refractivity contribution < 1.29 is 36.9 Å². The van der Waals surface area contributed by atoms with E-state index >= 15 is 0 Å². The number of carboxylic acids is 2. The molecule has 2 N–H and O–H groups in total. The number of aromatic carboxylic acids is 2. The molecule has 4 nitrogen and oxygen atoms in total. The summed E-state index contributed by atoms with van der Waals surface area (Å²) in [5, 5.41) is 20.3. The van der Waals surface area contributed by atoms with E-state index in [0.717, 1.165) is 8.95 Å². The molecular formula is C10H6Br2FeO4S2. The van der Waals surface area contributed by atoms with Gasteiger partial charge in [0.15, 0.2) is 0 Å². The molecule has 9 heteroatoms. The molecule has 2 heterocycles. The van der Waals surface area contributed by atoms with Crippen LogP contribution in [0, 0.1) is 0 Å². The van der Waals surface area contributed by atoms with E-state index in [0.29, 0.717) is 9.75 Å². The first-order chi connectivity index (χ1) is 8.40. The second-order valence-corrected chi connectivity index (χ2v) is 6.52. The Balaban J connectivity index is 0.000000324. The van der Waals surface area contributed by atoms with Crippen molar-refractivity contribution in [3.63, 3.8) is 0 Å². The molecule has 0 bridgehead atoms. The summed E-state index contributed by atoms with van der Waals surface area (Å²) in [6.45, 7) is 0. The molecule has 0 atom stereocenters. The summed E-state index contributed by atoms with van der Waals surface area (Å²) in [5.41, 5.74) is 0. The smallest absolute Gasteiger partial charge is 0.345 e. The van der Waals surface area contributed by atoms with Gasteiger partial charge in [0, 0.05) is 36.8 Å². The van der Waals surface area contributed by atoms with Gasteiger partial charge in [-0.1, -0.05) is 0 Å². The molecule has 0 spiro atoms. The molecule has 0 unspecified atom stereocenters. The number of halogens is 2. The van der Waals surface area contributed by atoms with Crippen LogP contribution >= 0.6 is 54.5 Å². The van der Waals surface area contributed by atoms with Crippen molar-refractivity contribution in [3.8, 4) is 0 Å². The standard InChI is InChI=1S/2C5H3BrO2S.Fe/c2*6-3-1-4(5(7)8)9-2-3;/h2*1-2H,(H,7,8);. The minimum absolute atomic E-state index is 0. The molecule has 0 fully saturated rings. The van der Waals surface area contributed by atoms with Crippen LogP contribution in [-0.4, -0.2) is 22.2 Å². The van der Waals surface area contributed by atoms with Crippen molar-refractivity contribution in [2.45, 2.75) is 0 Å². The van der Waals surface area contributed by atoms with Gasteiger partial charge in [0.1, 0.15) is 9.75 Å². The molecule has 2 rings (SSSR count). The molecular weight excluding hydrogens is 464 g/mol. The van der Waals surface area contributed by atoms with Gasteiger partial charge < -0.3 is 10.2 Å². The third-order valence-corrected chi connectivity index (χ3v) is 4.91. The molecule has 2 aromatic rings. The second kappa shape index (κ2) is 8.88. The van der Waals surface area contributed by atoms with Crippen LogP contribution in [0.3, 0.4) is 0 Å². The average Bonchev–Trinajstić information content (AvgIpc) is 2.88. The van der Waals surface area contributed by atoms with E-state index in [4.69, 9.17) is 10.2 Å². The van der Waals surface area contributed by atoms with E-state index < -0.39 is 11.9 Å². The summed E-state index contributed by atoms with van der Waals surface area (Å²) in [5.74, 6) is -1.74. The maximum atomic E-state index is 10.2. The van der Waals surface area contributed by atoms with Gasteiger partial charge in [0.05, 0.1) is 0 Å². The van der Waals surface area contributed by atoms with Crippen molar-refractivity contribution in [2.24, 2.45) is 0 Å². The zero-order valence-corrected chi connectivity index (χ0v) is 14.9. The minimum Gasteiger partial charge on any atom is -0.477 e. The van der Waals surface area contributed by atoms with Crippen LogP contribution in [0.25, 0.3) is 0 Å². The van der Waals surface area contributed by atoms with Crippen LogP contribution in [0.4, 0.5) is 0 Å². The Morgan fingerprint density at radius 2 is 1.21 bits per heavy atom. The largest absolute Gasteiger partial charge is 0.477 e. The van der Waals surface area contributed by atoms with Gasteiger partial charge in [-0.3, -0.25) is 0 Å². The molecule has 0 radical (unpaired) electrons. The van der Waals surface area contributed by atoms with Gasteiger partial charge in [-0.2, -0.15) is 0 Å². The van der Waals surface area contributed by atoms with Crippen LogP contribution in [-0.2, 0) is 17.1 Å². The molecule has 0 saturated carbocycles. The van der Waals surface area contributed by atoms with Gasteiger partial charge in [-0.25, -0.2) is 9.59 Å². The van der Waals surface area contributed by atoms with E-state index in [9.17, 15) is 9.59 Å². The number of thiophene rings is 2. The molecule has 0 aliphatic carbocycles. The van der Waals surface area contributed by atoms with Crippen LogP contribution < -0.4 is 0 Å². The van der Waals surface area contributed by atoms with E-state index in [1.54, 1.807) is 22.9 Å². The molecule has 0 aliphatic heterocycles. The summed E-state index contributed by atoms with van der Waals surface area (Å²) >= 11 is 8.72. The number of hydrogen-bond donors (Lipinski definition) is 2. The maximum Gasteiger partial charge on any atom is 0.345 e. The van der Waals surface area contributed by atoms with Crippen LogP contribution in [0.2, 0.25) is 0 Å². The van der Waals surface area contributed by atoms with Crippen molar-refractivity contribution in [3.05, 3.63) is 41.6 Å². The molecule has 2 aromatic heterocycles. The summed E-state index contributed by atoms with van der Waals surface area (Å²) in [6.07, 6.45) is 0. The molecule has 0 amide bonds. The molecule has 104 valence electrons. The SMILES string of the molecule is O=C(O)c1cc(Br)cs1.O=C(O)c1cc(Br)cs1.[Fe]. The minimum atomic E-state index is -0.870. The third-order valence-electron chi connectivity index (χ3n) is 1.56. The summed E-state index contributed by atoms with van der Waals surface area (Å²) in [4.78, 5) is 21.1. The van der Waals surface area contributed by atoms with E-state index in [2.05, 4.69) is 31.9 Å². The Morgan fingerprint density at radius 1 is 0.895 bits per heavy atom. The van der Waals surface area contributed by atoms with Crippen molar-refractivity contribution in [1.29, 1.82) is 0 Å². The molecule has 0 aromatic carbocycles. The van der Waals surface area contributed by atoms with Crippen molar-refractivity contribution in [1.82, 2.24) is 0 Å². The Kier molecular flexibility index (Phi) is 8.80. The fourth-order valence-corrected chi connectivity index (χ4v) is 3.38. The van der Waals surface area contributed by atoms with Crippen molar-refractivity contribution in [2.75, 3.05) is 0 Å². The Hall–Kier alpha value is -0.181. The molecule has 0 aliphatic rings. The van der Waals surface area contributed by atoms with E-state index in [1.165, 1.54) is 22.7 Å². The summed E-state index contributed by atoms with van der Waals surface area (Å²) < 4.78 is 1.65. The Bertz CT molecular complexity index is 517. The fourth-order valence-electron chi connectivity index (χ4n) is 0.850. The van der Waals surface area contributed by atoms with Gasteiger partial charge >= 0.3 is 11.9 Å². The predicted molar refractivity (Wildman–Crippen MR) is 78.0 cm³/mol. The summed E-state index contributed by atoms with van der Waals surface area (Å²) in [6, 6.07) is 3.15. The number of carboxylic acid groups (broad SMARTS) is 2. The number of carbonyl (C=O) groups is 2. The normalized spacial score (nSPS) is 8.95. The summed E-state index contributed by atoms with van der Waals surface area (Å²) in [7, 11) is 0. The quantitative estimate of drug-likeness (QED) is 0.639. The van der Waals surface area contributed by atoms with E-state index in [-0.39, 0.29) is 17.1 Å². The van der Waals surface area contributed by atoms with Crippen LogP contribution in [0.5, 0.6) is 0 Å².